The van der Waals surface area contributed by atoms with Gasteiger partial charge in [-0.1, -0.05) is 30.3 Å². The molecule has 0 fully saturated rings. The minimum absolute atomic E-state index is 0.0375. The van der Waals surface area contributed by atoms with E-state index in [4.69, 9.17) is 14.5 Å². The predicted octanol–water partition coefficient (Wildman–Crippen LogP) is 4.33. The van der Waals surface area contributed by atoms with Gasteiger partial charge in [0.05, 0.1) is 30.3 Å². The van der Waals surface area contributed by atoms with Crippen molar-refractivity contribution in [2.75, 3.05) is 18.5 Å². The molecule has 4 aromatic rings. The van der Waals surface area contributed by atoms with Gasteiger partial charge in [0, 0.05) is 23.7 Å². The summed E-state index contributed by atoms with van der Waals surface area (Å²) in [5, 5.41) is 5.93. The molecule has 5 rings (SSSR count). The molecule has 0 saturated carbocycles. The fraction of sp³-hybridized carbons (Fsp3) is 0.222. The van der Waals surface area contributed by atoms with Crippen LogP contribution in [0, 0.1) is 0 Å². The molecular weight excluding hydrogens is 444 g/mol. The summed E-state index contributed by atoms with van der Waals surface area (Å²) in [6, 6.07) is 21.6. The highest BCUT2D eigenvalue weighted by atomic mass is 16.5. The fourth-order valence-corrected chi connectivity index (χ4v) is 4.11. The van der Waals surface area contributed by atoms with E-state index in [1.54, 1.807) is 30.3 Å². The van der Waals surface area contributed by atoms with E-state index in [-0.39, 0.29) is 18.4 Å². The number of hydrogen-bond donors (Lipinski definition) is 2. The lowest BCUT2D eigenvalue weighted by molar-refractivity contribution is -0.116. The molecule has 178 valence electrons. The maximum atomic E-state index is 13.1. The molecule has 0 aliphatic carbocycles. The second-order valence-corrected chi connectivity index (χ2v) is 8.37. The summed E-state index contributed by atoms with van der Waals surface area (Å²) in [4.78, 5) is 30.5. The molecule has 2 heterocycles. The Balaban J connectivity index is 1.37. The SMILES string of the molecule is CC(NC(=O)c1ccccc1)c1nc2ccccc2n1CC(=O)Nc1ccc2c(c1)OCCCO2. The number of anilines is 1. The normalized spacial score (nSPS) is 13.6. The van der Waals surface area contributed by atoms with Crippen molar-refractivity contribution in [1.82, 2.24) is 14.9 Å². The van der Waals surface area contributed by atoms with Crippen LogP contribution < -0.4 is 20.1 Å². The van der Waals surface area contributed by atoms with Crippen LogP contribution in [0.3, 0.4) is 0 Å². The average Bonchev–Trinajstić information content (AvgIpc) is 3.06. The van der Waals surface area contributed by atoms with Gasteiger partial charge in [-0.3, -0.25) is 9.59 Å². The molecule has 1 unspecified atom stereocenters. The molecule has 35 heavy (non-hydrogen) atoms. The zero-order valence-corrected chi connectivity index (χ0v) is 19.4. The molecule has 2 N–H and O–H groups in total. The van der Waals surface area contributed by atoms with Gasteiger partial charge < -0.3 is 24.7 Å². The smallest absolute Gasteiger partial charge is 0.251 e. The summed E-state index contributed by atoms with van der Waals surface area (Å²) in [5.74, 6) is 1.47. The van der Waals surface area contributed by atoms with Gasteiger partial charge in [-0.2, -0.15) is 0 Å². The number of benzene rings is 3. The number of amides is 2. The number of carbonyl (C=O) groups is 2. The van der Waals surface area contributed by atoms with Crippen LogP contribution in [0.1, 0.15) is 35.6 Å². The number of aromatic nitrogens is 2. The molecular formula is C27H26N4O4. The molecule has 8 heteroatoms. The highest BCUT2D eigenvalue weighted by Gasteiger charge is 2.21. The maximum Gasteiger partial charge on any atom is 0.251 e. The van der Waals surface area contributed by atoms with Gasteiger partial charge in [-0.05, 0) is 43.3 Å². The number of rotatable bonds is 6. The van der Waals surface area contributed by atoms with Crippen molar-refractivity contribution in [2.24, 2.45) is 0 Å². The predicted molar refractivity (Wildman–Crippen MR) is 133 cm³/mol. The Morgan fingerprint density at radius 2 is 1.71 bits per heavy atom. The third kappa shape index (κ3) is 4.96. The lowest BCUT2D eigenvalue weighted by Crippen LogP contribution is -2.30. The highest BCUT2D eigenvalue weighted by molar-refractivity contribution is 5.94. The van der Waals surface area contributed by atoms with Gasteiger partial charge in [0.2, 0.25) is 5.91 Å². The summed E-state index contributed by atoms with van der Waals surface area (Å²) in [6.45, 7) is 3.08. The molecule has 8 nitrogen and oxygen atoms in total. The second kappa shape index (κ2) is 9.89. The number of hydrogen-bond acceptors (Lipinski definition) is 5. The maximum absolute atomic E-state index is 13.1. The number of carbonyl (C=O) groups excluding carboxylic acids is 2. The molecule has 1 aromatic heterocycles. The molecule has 1 aliphatic heterocycles. The van der Waals surface area contributed by atoms with Gasteiger partial charge >= 0.3 is 0 Å². The largest absolute Gasteiger partial charge is 0.490 e. The molecule has 0 saturated heterocycles. The van der Waals surface area contributed by atoms with Crippen molar-refractivity contribution in [3.05, 3.63) is 84.2 Å². The Morgan fingerprint density at radius 3 is 2.54 bits per heavy atom. The quantitative estimate of drug-likeness (QED) is 0.438. The lowest BCUT2D eigenvalue weighted by atomic mass is 10.2. The van der Waals surface area contributed by atoms with Crippen LogP contribution >= 0.6 is 0 Å². The third-order valence-electron chi connectivity index (χ3n) is 5.79. The van der Waals surface area contributed by atoms with Gasteiger partial charge in [0.15, 0.2) is 11.5 Å². The number of nitrogens with zero attached hydrogens (tertiary/aromatic N) is 2. The minimum atomic E-state index is -0.416. The van der Waals surface area contributed by atoms with Crippen molar-refractivity contribution in [2.45, 2.75) is 25.9 Å². The molecule has 0 bridgehead atoms. The monoisotopic (exact) mass is 470 g/mol. The van der Waals surface area contributed by atoms with Crippen LogP contribution in [0.2, 0.25) is 0 Å². The molecule has 0 radical (unpaired) electrons. The lowest BCUT2D eigenvalue weighted by Gasteiger charge is -2.17. The molecule has 2 amide bonds. The summed E-state index contributed by atoms with van der Waals surface area (Å²) in [5.41, 5.74) is 2.76. The minimum Gasteiger partial charge on any atom is -0.490 e. The van der Waals surface area contributed by atoms with E-state index in [1.165, 1.54) is 0 Å². The first-order valence-electron chi connectivity index (χ1n) is 11.6. The van der Waals surface area contributed by atoms with Crippen LogP contribution in [0.5, 0.6) is 11.5 Å². The third-order valence-corrected chi connectivity index (χ3v) is 5.79. The fourth-order valence-electron chi connectivity index (χ4n) is 4.11. The Labute approximate surface area is 202 Å². The average molecular weight is 471 g/mol. The van der Waals surface area contributed by atoms with Crippen LogP contribution in [-0.2, 0) is 11.3 Å². The van der Waals surface area contributed by atoms with E-state index in [2.05, 4.69) is 10.6 Å². The van der Waals surface area contributed by atoms with E-state index in [1.807, 2.05) is 54.0 Å². The number of fused-ring (bicyclic) bond motifs is 2. The summed E-state index contributed by atoms with van der Waals surface area (Å²) in [7, 11) is 0. The van der Waals surface area contributed by atoms with Crippen molar-refractivity contribution >= 4 is 28.5 Å². The molecule has 3 aromatic carbocycles. The zero-order chi connectivity index (χ0) is 24.2. The van der Waals surface area contributed by atoms with Crippen molar-refractivity contribution in [3.8, 4) is 11.5 Å². The van der Waals surface area contributed by atoms with Crippen molar-refractivity contribution in [1.29, 1.82) is 0 Å². The Morgan fingerprint density at radius 1 is 0.971 bits per heavy atom. The van der Waals surface area contributed by atoms with E-state index in [9.17, 15) is 9.59 Å². The van der Waals surface area contributed by atoms with Crippen LogP contribution in [0.15, 0.2) is 72.8 Å². The number of ether oxygens (including phenoxy) is 2. The van der Waals surface area contributed by atoms with Crippen LogP contribution in [0.4, 0.5) is 5.69 Å². The Bertz CT molecular complexity index is 1370. The number of imidazole rings is 1. The van der Waals surface area contributed by atoms with Gasteiger partial charge in [-0.25, -0.2) is 4.98 Å². The summed E-state index contributed by atoms with van der Waals surface area (Å²) >= 11 is 0. The molecule has 0 spiro atoms. The van der Waals surface area contributed by atoms with E-state index >= 15 is 0 Å². The second-order valence-electron chi connectivity index (χ2n) is 8.37. The first-order valence-corrected chi connectivity index (χ1v) is 11.6. The Hall–Kier alpha value is -4.33. The van der Waals surface area contributed by atoms with E-state index in [0.29, 0.717) is 41.8 Å². The van der Waals surface area contributed by atoms with Gasteiger partial charge in [0.25, 0.3) is 5.91 Å². The summed E-state index contributed by atoms with van der Waals surface area (Å²) < 4.78 is 13.2. The first-order chi connectivity index (χ1) is 17.1. The molecule has 1 atom stereocenters. The number of nitrogens with one attached hydrogen (secondary N) is 2. The van der Waals surface area contributed by atoms with Crippen molar-refractivity contribution < 1.29 is 19.1 Å². The topological polar surface area (TPSA) is 94.5 Å². The Kier molecular flexibility index (Phi) is 6.34. The van der Waals surface area contributed by atoms with Gasteiger partial charge in [0.1, 0.15) is 12.4 Å². The highest BCUT2D eigenvalue weighted by Crippen LogP contribution is 2.32. The molecule has 1 aliphatic rings. The van der Waals surface area contributed by atoms with E-state index < -0.39 is 6.04 Å². The van der Waals surface area contributed by atoms with Crippen LogP contribution in [-0.4, -0.2) is 34.6 Å². The van der Waals surface area contributed by atoms with Gasteiger partial charge in [-0.15, -0.1) is 0 Å². The standard InChI is InChI=1S/C27H26N4O4/c1-18(28-27(33)19-8-3-2-4-9-19)26-30-21-10-5-6-11-22(21)31(26)17-25(32)29-20-12-13-23-24(16-20)35-15-7-14-34-23/h2-6,8-13,16,18H,7,14-15,17H2,1H3,(H,28,33)(H,29,32). The summed E-state index contributed by atoms with van der Waals surface area (Å²) in [6.07, 6.45) is 0.811. The van der Waals surface area contributed by atoms with Crippen LogP contribution in [0.25, 0.3) is 11.0 Å². The zero-order valence-electron chi connectivity index (χ0n) is 19.4. The van der Waals surface area contributed by atoms with Crippen molar-refractivity contribution in [3.63, 3.8) is 0 Å². The first kappa shape index (κ1) is 22.5. The van der Waals surface area contributed by atoms with E-state index in [0.717, 1.165) is 17.5 Å². The number of para-hydroxylation sites is 2.